The average molecular weight is 328 g/mol. The summed E-state index contributed by atoms with van der Waals surface area (Å²) >= 11 is 0. The van der Waals surface area contributed by atoms with Gasteiger partial charge in [-0.3, -0.25) is 4.79 Å². The number of aryl methyl sites for hydroxylation is 1. The first-order valence-corrected chi connectivity index (χ1v) is 8.57. The number of amides is 1. The molecule has 3 rings (SSSR count). The summed E-state index contributed by atoms with van der Waals surface area (Å²) in [7, 11) is -2.20. The van der Waals surface area contributed by atoms with Crippen molar-refractivity contribution in [3.63, 3.8) is 0 Å². The molecule has 1 aliphatic heterocycles. The second-order valence-electron chi connectivity index (χ2n) is 5.34. The number of carbonyl (C=O) groups is 1. The van der Waals surface area contributed by atoms with E-state index in [1.54, 1.807) is 12.1 Å². The van der Waals surface area contributed by atoms with Crippen molar-refractivity contribution in [2.24, 2.45) is 0 Å². The Morgan fingerprint density at radius 2 is 1.91 bits per heavy atom. The van der Waals surface area contributed by atoms with Crippen LogP contribution in [0.2, 0.25) is 0 Å². The van der Waals surface area contributed by atoms with Gasteiger partial charge in [-0.2, -0.15) is 0 Å². The van der Waals surface area contributed by atoms with Gasteiger partial charge in [0.25, 0.3) is 5.91 Å². The predicted molar refractivity (Wildman–Crippen MR) is 90.4 cm³/mol. The molecule has 5 nitrogen and oxygen atoms in total. The van der Waals surface area contributed by atoms with Gasteiger partial charge in [-0.15, -0.1) is 0 Å². The number of nitrogens with one attached hydrogen (secondary N) is 2. The Kier molecular flexibility index (Phi) is 3.79. The van der Waals surface area contributed by atoms with Crippen LogP contribution in [-0.2, 0) is 14.8 Å². The van der Waals surface area contributed by atoms with Gasteiger partial charge >= 0.3 is 0 Å². The smallest absolute Gasteiger partial charge is 0.256 e. The van der Waals surface area contributed by atoms with Gasteiger partial charge in [0.2, 0.25) is 10.0 Å². The molecule has 1 aliphatic rings. The van der Waals surface area contributed by atoms with E-state index in [2.05, 4.69) is 10.0 Å². The lowest BCUT2D eigenvalue weighted by Gasteiger charge is -2.05. The first kappa shape index (κ1) is 15.5. The summed E-state index contributed by atoms with van der Waals surface area (Å²) in [6, 6.07) is 12.3. The predicted octanol–water partition coefficient (Wildman–Crippen LogP) is 2.40. The number of anilines is 1. The van der Waals surface area contributed by atoms with Crippen LogP contribution in [0.4, 0.5) is 5.69 Å². The van der Waals surface area contributed by atoms with Crippen LogP contribution in [0.1, 0.15) is 16.7 Å². The van der Waals surface area contributed by atoms with Gasteiger partial charge in [-0.25, -0.2) is 13.1 Å². The number of rotatable bonds is 3. The zero-order valence-electron chi connectivity index (χ0n) is 12.8. The fraction of sp³-hybridized carbons (Fsp3) is 0.118. The molecule has 0 unspecified atom stereocenters. The summed E-state index contributed by atoms with van der Waals surface area (Å²) in [5, 5.41) is 2.76. The second-order valence-corrected chi connectivity index (χ2v) is 7.23. The molecule has 0 aliphatic carbocycles. The molecule has 23 heavy (non-hydrogen) atoms. The minimum absolute atomic E-state index is 0.130. The number of fused-ring (bicyclic) bond motifs is 1. The Hall–Kier alpha value is -2.44. The van der Waals surface area contributed by atoms with Crippen molar-refractivity contribution in [1.29, 1.82) is 0 Å². The van der Waals surface area contributed by atoms with Crippen LogP contribution in [-0.4, -0.2) is 21.4 Å². The van der Waals surface area contributed by atoms with E-state index < -0.39 is 10.0 Å². The van der Waals surface area contributed by atoms with Crippen molar-refractivity contribution in [3.8, 4) is 0 Å². The molecular weight excluding hydrogens is 312 g/mol. The lowest BCUT2D eigenvalue weighted by Crippen LogP contribution is -2.18. The molecule has 118 valence electrons. The molecule has 0 aromatic heterocycles. The molecular formula is C17H16N2O3S. The molecule has 0 atom stereocenters. The Labute approximate surface area is 135 Å². The Morgan fingerprint density at radius 3 is 2.61 bits per heavy atom. The number of carbonyl (C=O) groups excluding carboxylic acids is 1. The first-order chi connectivity index (χ1) is 10.9. The SMILES string of the molecule is CNS(=O)(=O)c1ccc2c(c1)C(=Cc1cccc(C)c1)C(=O)N2. The highest BCUT2D eigenvalue weighted by Crippen LogP contribution is 2.34. The second kappa shape index (κ2) is 5.64. The van der Waals surface area contributed by atoms with E-state index in [0.29, 0.717) is 16.8 Å². The first-order valence-electron chi connectivity index (χ1n) is 7.08. The van der Waals surface area contributed by atoms with Gasteiger partial charge in [-0.05, 0) is 43.8 Å². The summed E-state index contributed by atoms with van der Waals surface area (Å²) < 4.78 is 26.2. The van der Waals surface area contributed by atoms with Crippen LogP contribution in [0.15, 0.2) is 47.4 Å². The lowest BCUT2D eigenvalue weighted by atomic mass is 10.0. The zero-order valence-corrected chi connectivity index (χ0v) is 13.6. The quantitative estimate of drug-likeness (QED) is 0.850. The highest BCUT2D eigenvalue weighted by molar-refractivity contribution is 7.89. The Morgan fingerprint density at radius 1 is 1.13 bits per heavy atom. The number of sulfonamides is 1. The summed E-state index contributed by atoms with van der Waals surface area (Å²) in [5.41, 5.74) is 3.64. The van der Waals surface area contributed by atoms with Crippen molar-refractivity contribution in [2.75, 3.05) is 12.4 Å². The number of benzene rings is 2. The minimum atomic E-state index is -3.56. The molecule has 0 bridgehead atoms. The molecule has 2 N–H and O–H groups in total. The third kappa shape index (κ3) is 2.91. The van der Waals surface area contributed by atoms with Gasteiger partial charge < -0.3 is 5.32 Å². The third-order valence-electron chi connectivity index (χ3n) is 3.71. The molecule has 0 radical (unpaired) electrons. The van der Waals surface area contributed by atoms with E-state index in [1.165, 1.54) is 19.2 Å². The molecule has 6 heteroatoms. The summed E-state index contributed by atoms with van der Waals surface area (Å²) in [6.07, 6.45) is 1.77. The highest BCUT2D eigenvalue weighted by atomic mass is 32.2. The van der Waals surface area contributed by atoms with E-state index in [4.69, 9.17) is 0 Å². The summed E-state index contributed by atoms with van der Waals surface area (Å²) in [5.74, 6) is -0.236. The minimum Gasteiger partial charge on any atom is -0.321 e. The molecule has 0 saturated heterocycles. The zero-order chi connectivity index (χ0) is 16.6. The van der Waals surface area contributed by atoms with E-state index in [9.17, 15) is 13.2 Å². The van der Waals surface area contributed by atoms with E-state index >= 15 is 0 Å². The fourth-order valence-electron chi connectivity index (χ4n) is 2.52. The number of hydrogen-bond donors (Lipinski definition) is 2. The summed E-state index contributed by atoms with van der Waals surface area (Å²) in [6.45, 7) is 1.97. The van der Waals surface area contributed by atoms with Crippen molar-refractivity contribution in [3.05, 3.63) is 59.2 Å². The van der Waals surface area contributed by atoms with Gasteiger partial charge in [0.1, 0.15) is 0 Å². The van der Waals surface area contributed by atoms with Crippen molar-refractivity contribution in [2.45, 2.75) is 11.8 Å². The maximum Gasteiger partial charge on any atom is 0.256 e. The highest BCUT2D eigenvalue weighted by Gasteiger charge is 2.26. The standard InChI is InChI=1S/C17H16N2O3S/c1-11-4-3-5-12(8-11)9-15-14-10-13(23(21,22)18-2)6-7-16(14)19-17(15)20/h3-10,18H,1-2H3,(H,19,20). The van der Waals surface area contributed by atoms with Gasteiger partial charge in [-0.1, -0.05) is 29.8 Å². The maximum atomic E-state index is 12.2. The van der Waals surface area contributed by atoms with Crippen LogP contribution < -0.4 is 10.0 Å². The van der Waals surface area contributed by atoms with Gasteiger partial charge in [0.05, 0.1) is 4.90 Å². The van der Waals surface area contributed by atoms with Crippen LogP contribution in [0, 0.1) is 6.92 Å². The third-order valence-corrected chi connectivity index (χ3v) is 5.12. The molecule has 0 fully saturated rings. The van der Waals surface area contributed by atoms with Crippen LogP contribution in [0.3, 0.4) is 0 Å². The average Bonchev–Trinajstić information content (AvgIpc) is 2.83. The molecule has 1 amide bonds. The fourth-order valence-corrected chi connectivity index (χ4v) is 3.28. The lowest BCUT2D eigenvalue weighted by molar-refractivity contribution is -0.110. The van der Waals surface area contributed by atoms with Crippen LogP contribution in [0.5, 0.6) is 0 Å². The largest absolute Gasteiger partial charge is 0.321 e. The monoisotopic (exact) mass is 328 g/mol. The van der Waals surface area contributed by atoms with Crippen molar-refractivity contribution < 1.29 is 13.2 Å². The topological polar surface area (TPSA) is 75.3 Å². The van der Waals surface area contributed by atoms with Crippen molar-refractivity contribution in [1.82, 2.24) is 4.72 Å². The van der Waals surface area contributed by atoms with Gasteiger partial charge in [0.15, 0.2) is 0 Å². The molecule has 2 aromatic rings. The molecule has 2 aromatic carbocycles. The van der Waals surface area contributed by atoms with Gasteiger partial charge in [0, 0.05) is 16.8 Å². The van der Waals surface area contributed by atoms with Crippen molar-refractivity contribution >= 4 is 33.3 Å². The molecule has 0 spiro atoms. The summed E-state index contributed by atoms with van der Waals surface area (Å²) in [4.78, 5) is 12.3. The maximum absolute atomic E-state index is 12.2. The Balaban J connectivity index is 2.13. The normalized spacial score (nSPS) is 15.6. The Bertz CT molecular complexity index is 931. The van der Waals surface area contributed by atoms with Crippen LogP contribution in [0.25, 0.3) is 11.6 Å². The van der Waals surface area contributed by atoms with E-state index in [-0.39, 0.29) is 10.8 Å². The van der Waals surface area contributed by atoms with E-state index in [1.807, 2.05) is 31.2 Å². The van der Waals surface area contributed by atoms with E-state index in [0.717, 1.165) is 11.1 Å². The number of hydrogen-bond acceptors (Lipinski definition) is 3. The molecule has 0 saturated carbocycles. The molecule has 1 heterocycles. The van der Waals surface area contributed by atoms with Crippen LogP contribution >= 0.6 is 0 Å².